The van der Waals surface area contributed by atoms with Crippen LogP contribution in [0, 0.1) is 0 Å². The quantitative estimate of drug-likeness (QED) is 0.874. The molecule has 0 aliphatic rings. The highest BCUT2D eigenvalue weighted by atomic mass is 14.8. The van der Waals surface area contributed by atoms with Crippen LogP contribution >= 0.6 is 0 Å². The maximum absolute atomic E-state index is 4.03. The van der Waals surface area contributed by atoms with Crippen molar-refractivity contribution < 1.29 is 0 Å². The van der Waals surface area contributed by atoms with Gasteiger partial charge in [-0.25, -0.2) is 9.97 Å². The number of hydrogen-bond donors (Lipinski definition) is 1. The summed E-state index contributed by atoms with van der Waals surface area (Å²) >= 11 is 0. The van der Waals surface area contributed by atoms with E-state index in [4.69, 9.17) is 0 Å². The molecule has 1 aromatic heterocycles. The molecular formula is C15H19N3. The van der Waals surface area contributed by atoms with Gasteiger partial charge in [0.1, 0.15) is 6.33 Å². The molecule has 0 bridgehead atoms. The van der Waals surface area contributed by atoms with Crippen molar-refractivity contribution in [2.24, 2.45) is 0 Å². The molecule has 0 aliphatic heterocycles. The summed E-state index contributed by atoms with van der Waals surface area (Å²) in [5.41, 5.74) is 3.60. The SMILES string of the molecule is CNC(C)CCc1ccc(-c2cncnc2)cc1. The summed E-state index contributed by atoms with van der Waals surface area (Å²) in [7, 11) is 2.00. The topological polar surface area (TPSA) is 37.8 Å². The lowest BCUT2D eigenvalue weighted by atomic mass is 10.0. The Labute approximate surface area is 108 Å². The molecule has 0 radical (unpaired) electrons. The highest BCUT2D eigenvalue weighted by Gasteiger charge is 2.01. The van der Waals surface area contributed by atoms with Gasteiger partial charge in [-0.1, -0.05) is 24.3 Å². The number of nitrogens with zero attached hydrogens (tertiary/aromatic N) is 2. The smallest absolute Gasteiger partial charge is 0.115 e. The van der Waals surface area contributed by atoms with Crippen LogP contribution in [0.15, 0.2) is 43.0 Å². The Morgan fingerprint density at radius 1 is 1.06 bits per heavy atom. The molecule has 0 spiro atoms. The largest absolute Gasteiger partial charge is 0.317 e. The molecule has 94 valence electrons. The van der Waals surface area contributed by atoms with E-state index >= 15 is 0 Å². The van der Waals surface area contributed by atoms with E-state index in [1.165, 1.54) is 11.1 Å². The zero-order valence-corrected chi connectivity index (χ0v) is 10.9. The maximum Gasteiger partial charge on any atom is 0.115 e. The Hall–Kier alpha value is -1.74. The van der Waals surface area contributed by atoms with Gasteiger partial charge in [0.05, 0.1) is 0 Å². The Morgan fingerprint density at radius 3 is 2.33 bits per heavy atom. The average Bonchev–Trinajstić information content (AvgIpc) is 2.46. The number of nitrogens with one attached hydrogen (secondary N) is 1. The number of hydrogen-bond acceptors (Lipinski definition) is 3. The fourth-order valence-electron chi connectivity index (χ4n) is 1.84. The van der Waals surface area contributed by atoms with E-state index in [2.05, 4.69) is 46.5 Å². The van der Waals surface area contributed by atoms with E-state index in [-0.39, 0.29) is 0 Å². The number of aryl methyl sites for hydroxylation is 1. The third-order valence-electron chi connectivity index (χ3n) is 3.21. The molecule has 0 amide bonds. The standard InChI is InChI=1S/C15H19N3/c1-12(16-2)3-4-13-5-7-14(8-6-13)15-9-17-11-18-10-15/h5-12,16H,3-4H2,1-2H3. The zero-order valence-electron chi connectivity index (χ0n) is 10.9. The molecule has 1 heterocycles. The van der Waals surface area contributed by atoms with Crippen molar-refractivity contribution in [1.29, 1.82) is 0 Å². The first-order valence-corrected chi connectivity index (χ1v) is 6.31. The van der Waals surface area contributed by atoms with Crippen molar-refractivity contribution in [3.05, 3.63) is 48.5 Å². The summed E-state index contributed by atoms with van der Waals surface area (Å²) in [5, 5.41) is 3.26. The van der Waals surface area contributed by atoms with Crippen LogP contribution in [0.1, 0.15) is 18.9 Å². The molecule has 2 rings (SSSR count). The van der Waals surface area contributed by atoms with Crippen molar-refractivity contribution in [3.8, 4) is 11.1 Å². The third-order valence-corrected chi connectivity index (χ3v) is 3.21. The second kappa shape index (κ2) is 6.26. The van der Waals surface area contributed by atoms with Gasteiger partial charge in [0.2, 0.25) is 0 Å². The van der Waals surface area contributed by atoms with E-state index in [1.807, 2.05) is 19.4 Å². The molecule has 3 heteroatoms. The molecule has 0 saturated heterocycles. The second-order valence-electron chi connectivity index (χ2n) is 4.55. The first-order chi connectivity index (χ1) is 8.79. The Balaban J connectivity index is 2.02. The van der Waals surface area contributed by atoms with Crippen LogP contribution in [-0.2, 0) is 6.42 Å². The highest BCUT2D eigenvalue weighted by molar-refractivity contribution is 5.61. The van der Waals surface area contributed by atoms with Gasteiger partial charge in [-0.2, -0.15) is 0 Å². The van der Waals surface area contributed by atoms with Crippen LogP contribution in [0.2, 0.25) is 0 Å². The first kappa shape index (κ1) is 12.7. The van der Waals surface area contributed by atoms with Crippen LogP contribution in [0.3, 0.4) is 0 Å². The highest BCUT2D eigenvalue weighted by Crippen LogP contribution is 2.18. The van der Waals surface area contributed by atoms with Gasteiger partial charge >= 0.3 is 0 Å². The van der Waals surface area contributed by atoms with Crippen LogP contribution < -0.4 is 5.32 Å². The minimum absolute atomic E-state index is 0.562. The molecule has 0 saturated carbocycles. The molecule has 0 fully saturated rings. The Bertz CT molecular complexity index is 465. The predicted octanol–water partition coefficient (Wildman–Crippen LogP) is 2.68. The molecule has 0 aliphatic carbocycles. The molecule has 1 unspecified atom stereocenters. The van der Waals surface area contributed by atoms with E-state index in [0.29, 0.717) is 6.04 Å². The molecule has 1 aromatic carbocycles. The third kappa shape index (κ3) is 3.37. The van der Waals surface area contributed by atoms with Crippen molar-refractivity contribution in [2.75, 3.05) is 7.05 Å². The van der Waals surface area contributed by atoms with Crippen molar-refractivity contribution in [1.82, 2.24) is 15.3 Å². The molecular weight excluding hydrogens is 222 g/mol. The van der Waals surface area contributed by atoms with Gasteiger partial charge < -0.3 is 5.32 Å². The average molecular weight is 241 g/mol. The van der Waals surface area contributed by atoms with Gasteiger partial charge in [0.25, 0.3) is 0 Å². The first-order valence-electron chi connectivity index (χ1n) is 6.31. The molecule has 1 N–H and O–H groups in total. The van der Waals surface area contributed by atoms with E-state index in [9.17, 15) is 0 Å². The van der Waals surface area contributed by atoms with Gasteiger partial charge in [-0.15, -0.1) is 0 Å². The number of rotatable bonds is 5. The molecule has 2 aromatic rings. The fraction of sp³-hybridized carbons (Fsp3) is 0.333. The van der Waals surface area contributed by atoms with Crippen molar-refractivity contribution in [3.63, 3.8) is 0 Å². The predicted molar refractivity (Wildman–Crippen MR) is 74.3 cm³/mol. The summed E-state index contributed by atoms with van der Waals surface area (Å²) in [6.45, 7) is 2.20. The maximum atomic E-state index is 4.03. The van der Waals surface area contributed by atoms with Crippen LogP contribution in [0.5, 0.6) is 0 Å². The van der Waals surface area contributed by atoms with Gasteiger partial charge in [0.15, 0.2) is 0 Å². The number of aromatic nitrogens is 2. The Morgan fingerprint density at radius 2 is 1.72 bits per heavy atom. The van der Waals surface area contributed by atoms with E-state index in [0.717, 1.165) is 18.4 Å². The summed E-state index contributed by atoms with van der Waals surface area (Å²) in [4.78, 5) is 8.07. The minimum atomic E-state index is 0.562. The monoisotopic (exact) mass is 241 g/mol. The lowest BCUT2D eigenvalue weighted by Crippen LogP contribution is -2.21. The summed E-state index contributed by atoms with van der Waals surface area (Å²) in [6.07, 6.45) is 7.49. The van der Waals surface area contributed by atoms with Crippen LogP contribution in [0.4, 0.5) is 0 Å². The minimum Gasteiger partial charge on any atom is -0.317 e. The lowest BCUT2D eigenvalue weighted by Gasteiger charge is -2.09. The summed E-state index contributed by atoms with van der Waals surface area (Å²) < 4.78 is 0. The van der Waals surface area contributed by atoms with Gasteiger partial charge in [0, 0.05) is 24.0 Å². The number of benzene rings is 1. The molecule has 3 nitrogen and oxygen atoms in total. The molecule has 1 atom stereocenters. The molecule has 18 heavy (non-hydrogen) atoms. The van der Waals surface area contributed by atoms with E-state index < -0.39 is 0 Å². The van der Waals surface area contributed by atoms with E-state index in [1.54, 1.807) is 6.33 Å². The lowest BCUT2D eigenvalue weighted by molar-refractivity contribution is 0.565. The van der Waals surface area contributed by atoms with Crippen molar-refractivity contribution >= 4 is 0 Å². The van der Waals surface area contributed by atoms with Crippen LogP contribution in [-0.4, -0.2) is 23.1 Å². The van der Waals surface area contributed by atoms with Gasteiger partial charge in [-0.05, 0) is 37.9 Å². The summed E-state index contributed by atoms with van der Waals surface area (Å²) in [6, 6.07) is 9.21. The fourth-order valence-corrected chi connectivity index (χ4v) is 1.84. The zero-order chi connectivity index (χ0) is 12.8. The Kier molecular flexibility index (Phi) is 4.42. The normalized spacial score (nSPS) is 12.3. The van der Waals surface area contributed by atoms with Crippen LogP contribution in [0.25, 0.3) is 11.1 Å². The second-order valence-corrected chi connectivity index (χ2v) is 4.55. The van der Waals surface area contributed by atoms with Gasteiger partial charge in [-0.3, -0.25) is 0 Å². The van der Waals surface area contributed by atoms with Crippen molar-refractivity contribution in [2.45, 2.75) is 25.8 Å². The summed E-state index contributed by atoms with van der Waals surface area (Å²) in [5.74, 6) is 0.